The number of nitrogens with zero attached hydrogens (tertiary/aromatic N) is 1. The molecule has 0 aliphatic rings. The Kier molecular flexibility index (Phi) is 9.08. The average molecular weight is 511 g/mol. The molecule has 0 unspecified atom stereocenters. The van der Waals surface area contributed by atoms with Gasteiger partial charge in [-0.1, -0.05) is 31.0 Å². The summed E-state index contributed by atoms with van der Waals surface area (Å²) in [6.45, 7) is 3.77. The topological polar surface area (TPSA) is 102 Å². The Morgan fingerprint density at radius 1 is 0.917 bits per heavy atom. The molecule has 3 rings (SSSR count). The minimum atomic E-state index is -4.04. The predicted octanol–water partition coefficient (Wildman–Crippen LogP) is 4.79. The molecular weight excluding hydrogens is 480 g/mol. The fourth-order valence-corrected chi connectivity index (χ4v) is 4.74. The second-order valence-electron chi connectivity index (χ2n) is 8.14. The summed E-state index contributed by atoms with van der Waals surface area (Å²) in [7, 11) is -2.52. The van der Waals surface area contributed by atoms with E-state index in [1.54, 1.807) is 60.7 Å². The number of carbonyl (C=O) groups excluding carboxylic acids is 2. The van der Waals surface area contributed by atoms with Crippen LogP contribution in [0, 0.1) is 6.92 Å². The molecule has 190 valence electrons. The highest BCUT2D eigenvalue weighted by atomic mass is 32.2. The molecule has 0 spiro atoms. The number of aryl methyl sites for hydroxylation is 1. The molecule has 9 heteroatoms. The molecule has 1 amide bonds. The van der Waals surface area contributed by atoms with Crippen LogP contribution in [-0.4, -0.2) is 40.6 Å². The van der Waals surface area contributed by atoms with Crippen molar-refractivity contribution in [2.24, 2.45) is 0 Å². The molecular formula is C27H30N2O6S. The molecule has 0 heterocycles. The number of esters is 1. The first kappa shape index (κ1) is 26.7. The Morgan fingerprint density at radius 2 is 1.56 bits per heavy atom. The third-order valence-electron chi connectivity index (χ3n) is 5.39. The lowest BCUT2D eigenvalue weighted by atomic mass is 10.2. The van der Waals surface area contributed by atoms with Crippen molar-refractivity contribution in [2.75, 3.05) is 29.9 Å². The second-order valence-corrected chi connectivity index (χ2v) is 10.0. The molecule has 0 radical (unpaired) electrons. The normalized spacial score (nSPS) is 11.0. The summed E-state index contributed by atoms with van der Waals surface area (Å²) < 4.78 is 38.4. The van der Waals surface area contributed by atoms with Gasteiger partial charge in [0, 0.05) is 5.69 Å². The van der Waals surface area contributed by atoms with Gasteiger partial charge < -0.3 is 14.8 Å². The van der Waals surface area contributed by atoms with Crippen LogP contribution < -0.4 is 14.4 Å². The summed E-state index contributed by atoms with van der Waals surface area (Å²) in [4.78, 5) is 25.1. The Hall–Kier alpha value is -3.85. The minimum Gasteiger partial charge on any atom is -0.497 e. The van der Waals surface area contributed by atoms with Crippen molar-refractivity contribution in [3.63, 3.8) is 0 Å². The number of carbonyl (C=O) groups is 2. The van der Waals surface area contributed by atoms with Crippen molar-refractivity contribution >= 4 is 33.3 Å². The van der Waals surface area contributed by atoms with Gasteiger partial charge in [-0.05, 0) is 74.0 Å². The van der Waals surface area contributed by atoms with Gasteiger partial charge in [-0.15, -0.1) is 0 Å². The fourth-order valence-electron chi connectivity index (χ4n) is 3.31. The third kappa shape index (κ3) is 6.85. The number of unbranched alkanes of at least 4 members (excludes halogenated alkanes) is 1. The minimum absolute atomic E-state index is 0.0719. The van der Waals surface area contributed by atoms with Crippen LogP contribution in [0.25, 0.3) is 0 Å². The van der Waals surface area contributed by atoms with Crippen molar-refractivity contribution in [3.8, 4) is 5.75 Å². The summed E-state index contributed by atoms with van der Waals surface area (Å²) in [6, 6.07) is 19.1. The first-order valence-corrected chi connectivity index (χ1v) is 13.0. The average Bonchev–Trinajstić information content (AvgIpc) is 2.88. The molecule has 0 atom stereocenters. The van der Waals surface area contributed by atoms with Crippen LogP contribution in [0.2, 0.25) is 0 Å². The predicted molar refractivity (Wildman–Crippen MR) is 139 cm³/mol. The van der Waals surface area contributed by atoms with E-state index in [0.717, 1.165) is 22.7 Å². The highest BCUT2D eigenvalue weighted by Gasteiger charge is 2.27. The summed E-state index contributed by atoms with van der Waals surface area (Å²) in [5.74, 6) is -0.417. The lowest BCUT2D eigenvalue weighted by Gasteiger charge is -2.24. The van der Waals surface area contributed by atoms with E-state index in [1.807, 2.05) is 13.8 Å². The highest BCUT2D eigenvalue weighted by Crippen LogP contribution is 2.26. The quantitative estimate of drug-likeness (QED) is 0.294. The molecule has 0 aromatic heterocycles. The summed E-state index contributed by atoms with van der Waals surface area (Å²) in [6.07, 6.45) is 1.71. The van der Waals surface area contributed by atoms with Crippen LogP contribution in [0.15, 0.2) is 77.7 Å². The van der Waals surface area contributed by atoms with Crippen molar-refractivity contribution in [1.29, 1.82) is 0 Å². The molecule has 8 nitrogen and oxygen atoms in total. The second kappa shape index (κ2) is 12.2. The van der Waals surface area contributed by atoms with Crippen LogP contribution in [-0.2, 0) is 19.6 Å². The molecule has 3 aromatic carbocycles. The number of methoxy groups -OCH3 is 1. The van der Waals surface area contributed by atoms with Gasteiger partial charge in [-0.25, -0.2) is 13.2 Å². The maximum Gasteiger partial charge on any atom is 0.338 e. The van der Waals surface area contributed by atoms with E-state index < -0.39 is 28.4 Å². The van der Waals surface area contributed by atoms with E-state index in [-0.39, 0.29) is 4.90 Å². The summed E-state index contributed by atoms with van der Waals surface area (Å²) in [5.41, 5.74) is 2.02. The molecule has 0 aliphatic carbocycles. The summed E-state index contributed by atoms with van der Waals surface area (Å²) >= 11 is 0. The van der Waals surface area contributed by atoms with E-state index in [2.05, 4.69) is 5.32 Å². The van der Waals surface area contributed by atoms with Crippen molar-refractivity contribution in [3.05, 3.63) is 83.9 Å². The van der Waals surface area contributed by atoms with E-state index >= 15 is 0 Å². The van der Waals surface area contributed by atoms with Crippen molar-refractivity contribution in [2.45, 2.75) is 31.6 Å². The Morgan fingerprint density at radius 3 is 2.14 bits per heavy atom. The van der Waals surface area contributed by atoms with Gasteiger partial charge >= 0.3 is 5.97 Å². The Balaban J connectivity index is 1.79. The third-order valence-corrected chi connectivity index (χ3v) is 7.18. The van der Waals surface area contributed by atoms with Gasteiger partial charge in [0.05, 0.1) is 29.9 Å². The van der Waals surface area contributed by atoms with Crippen LogP contribution in [0.5, 0.6) is 5.75 Å². The van der Waals surface area contributed by atoms with E-state index in [9.17, 15) is 18.0 Å². The maximum atomic E-state index is 13.5. The molecule has 0 fully saturated rings. The monoisotopic (exact) mass is 510 g/mol. The lowest BCUT2D eigenvalue weighted by molar-refractivity contribution is -0.114. The molecule has 36 heavy (non-hydrogen) atoms. The zero-order chi connectivity index (χ0) is 26.1. The number of rotatable bonds is 11. The number of benzene rings is 3. The maximum absolute atomic E-state index is 13.5. The smallest absolute Gasteiger partial charge is 0.338 e. The zero-order valence-electron chi connectivity index (χ0n) is 20.6. The van der Waals surface area contributed by atoms with Crippen LogP contribution in [0.3, 0.4) is 0 Å². The van der Waals surface area contributed by atoms with E-state index in [4.69, 9.17) is 9.47 Å². The van der Waals surface area contributed by atoms with Crippen molar-refractivity contribution < 1.29 is 27.5 Å². The fraction of sp³-hybridized carbons (Fsp3) is 0.259. The van der Waals surface area contributed by atoms with E-state index in [1.165, 1.54) is 19.2 Å². The van der Waals surface area contributed by atoms with Gasteiger partial charge in [0.15, 0.2) is 0 Å². The standard InChI is InChI=1S/C27H30N2O6S/c1-4-5-18-35-27(31)21-8-10-22(11-9-21)28-26(30)19-29(23-12-14-24(34-3)15-13-23)36(32,33)25-16-6-20(2)7-17-25/h6-17H,4-5,18-19H2,1-3H3,(H,28,30). The first-order valence-electron chi connectivity index (χ1n) is 11.5. The number of anilines is 2. The number of amides is 1. The molecule has 0 aliphatic heterocycles. The SMILES string of the molecule is CCCCOC(=O)c1ccc(NC(=O)CN(c2ccc(OC)cc2)S(=O)(=O)c2ccc(C)cc2)cc1. The number of sulfonamides is 1. The number of ether oxygens (including phenoxy) is 2. The highest BCUT2D eigenvalue weighted by molar-refractivity contribution is 7.92. The molecule has 0 saturated carbocycles. The van der Waals surface area contributed by atoms with Crippen LogP contribution in [0.1, 0.15) is 35.7 Å². The Bertz CT molecular complexity index is 1270. The molecule has 0 saturated heterocycles. The van der Waals surface area contributed by atoms with Gasteiger partial charge in [-0.3, -0.25) is 9.10 Å². The van der Waals surface area contributed by atoms with Crippen LogP contribution in [0.4, 0.5) is 11.4 Å². The number of nitrogens with one attached hydrogen (secondary N) is 1. The lowest BCUT2D eigenvalue weighted by Crippen LogP contribution is -2.38. The molecule has 3 aromatic rings. The molecule has 0 bridgehead atoms. The van der Waals surface area contributed by atoms with E-state index in [0.29, 0.717) is 29.3 Å². The van der Waals surface area contributed by atoms with Gasteiger partial charge in [-0.2, -0.15) is 0 Å². The summed E-state index contributed by atoms with van der Waals surface area (Å²) in [5, 5.41) is 2.69. The largest absolute Gasteiger partial charge is 0.497 e. The molecule has 1 N–H and O–H groups in total. The number of hydrogen-bond acceptors (Lipinski definition) is 6. The van der Waals surface area contributed by atoms with Gasteiger partial charge in [0.25, 0.3) is 10.0 Å². The van der Waals surface area contributed by atoms with Crippen LogP contribution >= 0.6 is 0 Å². The van der Waals surface area contributed by atoms with Gasteiger partial charge in [0.2, 0.25) is 5.91 Å². The van der Waals surface area contributed by atoms with Crippen molar-refractivity contribution in [1.82, 2.24) is 0 Å². The number of hydrogen-bond donors (Lipinski definition) is 1. The van der Waals surface area contributed by atoms with Gasteiger partial charge in [0.1, 0.15) is 12.3 Å². The first-order chi connectivity index (χ1) is 17.2. The zero-order valence-corrected chi connectivity index (χ0v) is 21.4. The Labute approximate surface area is 211 Å².